The summed E-state index contributed by atoms with van der Waals surface area (Å²) < 4.78 is 28.3. The van der Waals surface area contributed by atoms with Crippen molar-refractivity contribution in [1.82, 2.24) is 8.61 Å². The molecule has 0 aromatic heterocycles. The summed E-state index contributed by atoms with van der Waals surface area (Å²) in [5, 5.41) is 8.99. The highest BCUT2D eigenvalue weighted by Crippen LogP contribution is 2.26. The molecule has 21 heavy (non-hydrogen) atoms. The highest BCUT2D eigenvalue weighted by molar-refractivity contribution is 7.86. The van der Waals surface area contributed by atoms with E-state index in [0.717, 1.165) is 25.7 Å². The zero-order valence-corrected chi connectivity index (χ0v) is 13.5. The van der Waals surface area contributed by atoms with Crippen molar-refractivity contribution >= 4 is 16.2 Å². The van der Waals surface area contributed by atoms with Crippen molar-refractivity contribution in [3.8, 4) is 0 Å². The molecule has 1 heterocycles. The van der Waals surface area contributed by atoms with E-state index in [1.807, 2.05) is 0 Å². The quantitative estimate of drug-likeness (QED) is 0.800. The van der Waals surface area contributed by atoms with Crippen molar-refractivity contribution in [2.24, 2.45) is 5.92 Å². The Kier molecular flexibility index (Phi) is 5.62. The summed E-state index contributed by atoms with van der Waals surface area (Å²) in [4.78, 5) is 11.0. The fraction of sp³-hybridized carbons (Fsp3) is 0.929. The standard InChI is InChI=1S/C14H26N2O4S/c1-15(13-6-4-2-3-5-7-13)21(19,20)16-10-8-12(9-11-16)14(17)18/h12-13H,2-11H2,1H3,(H,17,18). The maximum absolute atomic E-state index is 12.7. The molecule has 7 heteroatoms. The van der Waals surface area contributed by atoms with Gasteiger partial charge in [-0.2, -0.15) is 17.0 Å². The van der Waals surface area contributed by atoms with Gasteiger partial charge in [-0.3, -0.25) is 4.79 Å². The molecule has 122 valence electrons. The average molecular weight is 318 g/mol. The summed E-state index contributed by atoms with van der Waals surface area (Å²) in [7, 11) is -1.78. The number of aliphatic carboxylic acids is 1. The maximum atomic E-state index is 12.7. The largest absolute Gasteiger partial charge is 0.481 e. The van der Waals surface area contributed by atoms with E-state index in [1.165, 1.54) is 21.5 Å². The molecule has 1 aliphatic carbocycles. The van der Waals surface area contributed by atoms with E-state index in [1.54, 1.807) is 7.05 Å². The summed E-state index contributed by atoms with van der Waals surface area (Å²) in [6.45, 7) is 0.632. The minimum atomic E-state index is -3.45. The first kappa shape index (κ1) is 16.7. The predicted molar refractivity (Wildman–Crippen MR) is 80.1 cm³/mol. The minimum absolute atomic E-state index is 0.0923. The Hall–Kier alpha value is -0.660. The van der Waals surface area contributed by atoms with Crippen molar-refractivity contribution in [2.75, 3.05) is 20.1 Å². The lowest BCUT2D eigenvalue weighted by molar-refractivity contribution is -0.142. The number of carbonyl (C=O) groups is 1. The molecule has 1 saturated heterocycles. The molecule has 0 atom stereocenters. The molecule has 2 fully saturated rings. The summed E-state index contributed by atoms with van der Waals surface area (Å²) >= 11 is 0. The monoisotopic (exact) mass is 318 g/mol. The van der Waals surface area contributed by atoms with Gasteiger partial charge in [0.15, 0.2) is 0 Å². The van der Waals surface area contributed by atoms with Gasteiger partial charge in [-0.25, -0.2) is 0 Å². The molecule has 2 rings (SSSR count). The Morgan fingerprint density at radius 3 is 2.05 bits per heavy atom. The van der Waals surface area contributed by atoms with Gasteiger partial charge < -0.3 is 5.11 Å². The minimum Gasteiger partial charge on any atom is -0.481 e. The van der Waals surface area contributed by atoms with E-state index in [4.69, 9.17) is 5.11 Å². The van der Waals surface area contributed by atoms with Crippen LogP contribution in [0.2, 0.25) is 0 Å². The van der Waals surface area contributed by atoms with Gasteiger partial charge in [0.25, 0.3) is 10.2 Å². The normalized spacial score (nSPS) is 24.1. The molecule has 0 aromatic carbocycles. The lowest BCUT2D eigenvalue weighted by Gasteiger charge is -2.35. The van der Waals surface area contributed by atoms with Gasteiger partial charge in [0, 0.05) is 26.2 Å². The van der Waals surface area contributed by atoms with Crippen molar-refractivity contribution < 1.29 is 18.3 Å². The SMILES string of the molecule is CN(C1CCCCCC1)S(=O)(=O)N1CCC(C(=O)O)CC1. The molecule has 6 nitrogen and oxygen atoms in total. The van der Waals surface area contributed by atoms with Crippen LogP contribution >= 0.6 is 0 Å². The molecular formula is C14H26N2O4S. The Bertz CT molecular complexity index is 450. The van der Waals surface area contributed by atoms with E-state index in [2.05, 4.69) is 0 Å². The van der Waals surface area contributed by atoms with E-state index in [9.17, 15) is 13.2 Å². The third kappa shape index (κ3) is 3.96. The maximum Gasteiger partial charge on any atom is 0.306 e. The van der Waals surface area contributed by atoms with Crippen LogP contribution in [0, 0.1) is 5.92 Å². The third-order valence-electron chi connectivity index (χ3n) is 4.83. The van der Waals surface area contributed by atoms with Crippen LogP contribution in [-0.2, 0) is 15.0 Å². The van der Waals surface area contributed by atoms with Crippen LogP contribution < -0.4 is 0 Å². The van der Waals surface area contributed by atoms with Crippen LogP contribution in [0.3, 0.4) is 0 Å². The molecule has 0 amide bonds. The van der Waals surface area contributed by atoms with Gasteiger partial charge >= 0.3 is 5.97 Å². The second kappa shape index (κ2) is 7.07. The van der Waals surface area contributed by atoms with Gasteiger partial charge in [-0.05, 0) is 25.7 Å². The fourth-order valence-electron chi connectivity index (χ4n) is 3.33. The van der Waals surface area contributed by atoms with E-state index >= 15 is 0 Å². The predicted octanol–water partition coefficient (Wildman–Crippen LogP) is 1.68. The van der Waals surface area contributed by atoms with E-state index in [-0.39, 0.29) is 6.04 Å². The molecule has 0 spiro atoms. The number of piperidine rings is 1. The topological polar surface area (TPSA) is 77.9 Å². The van der Waals surface area contributed by atoms with Crippen molar-refractivity contribution in [2.45, 2.75) is 57.4 Å². The summed E-state index contributed by atoms with van der Waals surface area (Å²) in [5.74, 6) is -1.22. The molecule has 0 unspecified atom stereocenters. The van der Waals surface area contributed by atoms with Crippen LogP contribution in [0.25, 0.3) is 0 Å². The number of carboxylic acid groups (broad SMARTS) is 1. The zero-order chi connectivity index (χ0) is 15.5. The van der Waals surface area contributed by atoms with Crippen LogP contribution in [0.5, 0.6) is 0 Å². The Balaban J connectivity index is 1.99. The molecule has 0 radical (unpaired) electrons. The third-order valence-corrected chi connectivity index (χ3v) is 6.88. The second-order valence-electron chi connectivity index (χ2n) is 6.18. The summed E-state index contributed by atoms with van der Waals surface area (Å²) in [5.41, 5.74) is 0. The molecule has 0 bridgehead atoms. The smallest absolute Gasteiger partial charge is 0.306 e. The van der Waals surface area contributed by atoms with Crippen LogP contribution in [0.1, 0.15) is 51.4 Å². The van der Waals surface area contributed by atoms with Crippen LogP contribution in [0.4, 0.5) is 0 Å². The number of hydrogen-bond donors (Lipinski definition) is 1. The highest BCUT2D eigenvalue weighted by atomic mass is 32.2. The molecular weight excluding hydrogens is 292 g/mol. The first-order valence-electron chi connectivity index (χ1n) is 7.89. The first-order valence-corrected chi connectivity index (χ1v) is 9.28. The average Bonchev–Trinajstić information content (AvgIpc) is 2.75. The van der Waals surface area contributed by atoms with Crippen molar-refractivity contribution in [3.05, 3.63) is 0 Å². The second-order valence-corrected chi connectivity index (χ2v) is 8.17. The first-order chi connectivity index (χ1) is 9.93. The lowest BCUT2D eigenvalue weighted by atomic mass is 9.99. The molecule has 2 aliphatic rings. The van der Waals surface area contributed by atoms with Gasteiger partial charge in [0.2, 0.25) is 0 Å². The van der Waals surface area contributed by atoms with E-state index < -0.39 is 22.1 Å². The lowest BCUT2D eigenvalue weighted by Crippen LogP contribution is -2.49. The van der Waals surface area contributed by atoms with Crippen LogP contribution in [0.15, 0.2) is 0 Å². The highest BCUT2D eigenvalue weighted by Gasteiger charge is 2.35. The summed E-state index contributed by atoms with van der Waals surface area (Å²) in [6, 6.07) is 0.0923. The van der Waals surface area contributed by atoms with E-state index in [0.29, 0.717) is 25.9 Å². The number of carboxylic acids is 1. The molecule has 1 saturated carbocycles. The Labute approximate surface area is 127 Å². The Morgan fingerprint density at radius 1 is 1.05 bits per heavy atom. The van der Waals surface area contributed by atoms with Crippen molar-refractivity contribution in [1.29, 1.82) is 0 Å². The zero-order valence-electron chi connectivity index (χ0n) is 12.7. The summed E-state index contributed by atoms with van der Waals surface area (Å²) in [6.07, 6.45) is 7.24. The molecule has 0 aromatic rings. The van der Waals surface area contributed by atoms with Gasteiger partial charge in [-0.15, -0.1) is 0 Å². The number of hydrogen-bond acceptors (Lipinski definition) is 3. The van der Waals surface area contributed by atoms with Crippen LogP contribution in [-0.4, -0.2) is 54.3 Å². The number of rotatable bonds is 4. The van der Waals surface area contributed by atoms with Gasteiger partial charge in [0.05, 0.1) is 5.92 Å². The molecule has 1 N–H and O–H groups in total. The fourth-order valence-corrected chi connectivity index (χ4v) is 4.95. The Morgan fingerprint density at radius 2 is 1.57 bits per heavy atom. The van der Waals surface area contributed by atoms with Gasteiger partial charge in [0.1, 0.15) is 0 Å². The van der Waals surface area contributed by atoms with Gasteiger partial charge in [-0.1, -0.05) is 25.7 Å². The van der Waals surface area contributed by atoms with Crippen molar-refractivity contribution in [3.63, 3.8) is 0 Å². The molecule has 1 aliphatic heterocycles. The number of nitrogens with zero attached hydrogens (tertiary/aromatic N) is 2.